The van der Waals surface area contributed by atoms with Crippen molar-refractivity contribution in [2.24, 2.45) is 0 Å². The Balaban J connectivity index is 2.00. The van der Waals surface area contributed by atoms with E-state index in [-0.39, 0.29) is 23.9 Å². The second kappa shape index (κ2) is 4.94. The number of carbonyl (C=O) groups is 1. The van der Waals surface area contributed by atoms with Gasteiger partial charge in [0.1, 0.15) is 0 Å². The number of nitrogens with one attached hydrogen (secondary N) is 1. The van der Waals surface area contributed by atoms with Gasteiger partial charge in [-0.15, -0.1) is 0 Å². The molecule has 0 aliphatic carbocycles. The number of piperazine rings is 1. The maximum absolute atomic E-state index is 13.4. The number of halogens is 3. The van der Waals surface area contributed by atoms with Gasteiger partial charge in [-0.3, -0.25) is 4.79 Å². The van der Waals surface area contributed by atoms with E-state index in [2.05, 4.69) is 5.32 Å². The Hall–Kier alpha value is -1.82. The monoisotopic (exact) mass is 282 g/mol. The molecule has 2 aliphatic rings. The van der Waals surface area contributed by atoms with Crippen molar-refractivity contribution in [3.8, 4) is 0 Å². The zero-order valence-corrected chi connectivity index (χ0v) is 10.6. The van der Waals surface area contributed by atoms with Crippen molar-refractivity contribution in [3.05, 3.63) is 47.3 Å². The van der Waals surface area contributed by atoms with Crippen molar-refractivity contribution in [2.45, 2.75) is 18.5 Å². The molecule has 1 saturated heterocycles. The van der Waals surface area contributed by atoms with Crippen LogP contribution >= 0.6 is 0 Å². The number of rotatable bonds is 1. The van der Waals surface area contributed by atoms with Crippen LogP contribution in [0.2, 0.25) is 0 Å². The first kappa shape index (κ1) is 13.2. The molecule has 3 nitrogen and oxygen atoms in total. The molecule has 106 valence electrons. The first-order valence-electron chi connectivity index (χ1n) is 6.41. The number of hydrogen-bond donors (Lipinski definition) is 1. The number of carbonyl (C=O) groups excluding carboxylic acids is 1. The summed E-state index contributed by atoms with van der Waals surface area (Å²) in [5, 5.41) is 3.12. The second-order valence-corrected chi connectivity index (χ2v) is 4.97. The molecule has 2 aliphatic heterocycles. The molecule has 1 aromatic carbocycles. The standard InChI is InChI=1S/C14H13F3N2O/c15-10-4-8(5-11(16)14(10)17)12-7-18-6-9-2-1-3-13(20)19(9)12/h1-2,4-5,9,12,18H,3,6-7H2/t9-,12-/m0/s1. The molecule has 0 radical (unpaired) electrons. The molecule has 1 amide bonds. The van der Waals surface area contributed by atoms with Crippen molar-refractivity contribution in [2.75, 3.05) is 13.1 Å². The molecular formula is C14H13F3N2O. The third-order valence-electron chi connectivity index (χ3n) is 3.71. The van der Waals surface area contributed by atoms with E-state index >= 15 is 0 Å². The van der Waals surface area contributed by atoms with Crippen molar-refractivity contribution in [1.29, 1.82) is 0 Å². The van der Waals surface area contributed by atoms with Gasteiger partial charge in [-0.25, -0.2) is 13.2 Å². The highest BCUT2D eigenvalue weighted by Gasteiger charge is 2.35. The molecular weight excluding hydrogens is 269 g/mol. The highest BCUT2D eigenvalue weighted by atomic mass is 19.2. The summed E-state index contributed by atoms with van der Waals surface area (Å²) in [6, 6.07) is 1.29. The molecule has 3 rings (SSSR count). The molecule has 1 fully saturated rings. The highest BCUT2D eigenvalue weighted by Crippen LogP contribution is 2.30. The maximum Gasteiger partial charge on any atom is 0.227 e. The van der Waals surface area contributed by atoms with Gasteiger partial charge in [0, 0.05) is 19.5 Å². The number of benzene rings is 1. The lowest BCUT2D eigenvalue weighted by Crippen LogP contribution is -2.55. The molecule has 0 saturated carbocycles. The van der Waals surface area contributed by atoms with E-state index in [0.717, 1.165) is 12.1 Å². The third kappa shape index (κ3) is 2.10. The summed E-state index contributed by atoms with van der Waals surface area (Å²) in [6.07, 6.45) is 3.97. The summed E-state index contributed by atoms with van der Waals surface area (Å²) in [4.78, 5) is 13.6. The van der Waals surface area contributed by atoms with Crippen LogP contribution in [0.4, 0.5) is 13.2 Å². The molecule has 6 heteroatoms. The SMILES string of the molecule is O=C1CC=C[C@H]2CNC[C@@H](c3cc(F)c(F)c(F)c3)N12. The maximum atomic E-state index is 13.4. The summed E-state index contributed by atoms with van der Waals surface area (Å²) < 4.78 is 39.8. The topological polar surface area (TPSA) is 32.3 Å². The fourth-order valence-electron chi connectivity index (χ4n) is 2.79. The quantitative estimate of drug-likeness (QED) is 0.630. The second-order valence-electron chi connectivity index (χ2n) is 4.97. The smallest absolute Gasteiger partial charge is 0.227 e. The summed E-state index contributed by atoms with van der Waals surface area (Å²) in [5.41, 5.74) is 0.266. The van der Waals surface area contributed by atoms with Gasteiger partial charge in [0.2, 0.25) is 5.91 Å². The normalized spacial score (nSPS) is 25.8. The number of amides is 1. The van der Waals surface area contributed by atoms with E-state index in [9.17, 15) is 18.0 Å². The molecule has 20 heavy (non-hydrogen) atoms. The Bertz CT molecular complexity index is 565. The van der Waals surface area contributed by atoms with E-state index in [1.165, 1.54) is 0 Å². The van der Waals surface area contributed by atoms with Crippen LogP contribution in [0.1, 0.15) is 18.0 Å². The van der Waals surface area contributed by atoms with Crippen LogP contribution in [0, 0.1) is 17.5 Å². The molecule has 0 spiro atoms. The van der Waals surface area contributed by atoms with E-state index in [0.29, 0.717) is 13.1 Å². The van der Waals surface area contributed by atoms with Crippen LogP contribution in [0.5, 0.6) is 0 Å². The molecule has 2 heterocycles. The van der Waals surface area contributed by atoms with E-state index < -0.39 is 23.5 Å². The van der Waals surface area contributed by atoms with Gasteiger partial charge in [-0.2, -0.15) is 0 Å². The minimum atomic E-state index is -1.49. The summed E-state index contributed by atoms with van der Waals surface area (Å²) in [6.45, 7) is 0.992. The predicted octanol–water partition coefficient (Wildman–Crippen LogP) is 1.91. The Morgan fingerprint density at radius 3 is 2.55 bits per heavy atom. The molecule has 1 N–H and O–H groups in total. The van der Waals surface area contributed by atoms with Gasteiger partial charge >= 0.3 is 0 Å². The van der Waals surface area contributed by atoms with Crippen LogP contribution in [-0.2, 0) is 4.79 Å². The Kier molecular flexibility index (Phi) is 3.25. The average Bonchev–Trinajstić information content (AvgIpc) is 2.44. The zero-order valence-electron chi connectivity index (χ0n) is 10.6. The van der Waals surface area contributed by atoms with Crippen molar-refractivity contribution in [3.63, 3.8) is 0 Å². The lowest BCUT2D eigenvalue weighted by Gasteiger charge is -2.43. The van der Waals surface area contributed by atoms with Gasteiger partial charge in [0.25, 0.3) is 0 Å². The zero-order chi connectivity index (χ0) is 14.3. The minimum absolute atomic E-state index is 0.0888. The van der Waals surface area contributed by atoms with Gasteiger partial charge in [-0.05, 0) is 17.7 Å². The third-order valence-corrected chi connectivity index (χ3v) is 3.71. The molecule has 2 atom stereocenters. The number of hydrogen-bond acceptors (Lipinski definition) is 2. The average molecular weight is 282 g/mol. The first-order valence-corrected chi connectivity index (χ1v) is 6.41. The summed E-state index contributed by atoms with van der Waals surface area (Å²) >= 11 is 0. The summed E-state index contributed by atoms with van der Waals surface area (Å²) in [7, 11) is 0. The Labute approximate surface area is 114 Å². The van der Waals surface area contributed by atoms with E-state index in [4.69, 9.17) is 0 Å². The first-order chi connectivity index (χ1) is 9.58. The molecule has 0 unspecified atom stereocenters. The van der Waals surface area contributed by atoms with Gasteiger partial charge in [-0.1, -0.05) is 12.2 Å². The Morgan fingerprint density at radius 1 is 1.15 bits per heavy atom. The number of fused-ring (bicyclic) bond motifs is 1. The van der Waals surface area contributed by atoms with E-state index in [1.807, 2.05) is 6.08 Å². The largest absolute Gasteiger partial charge is 0.326 e. The summed E-state index contributed by atoms with van der Waals surface area (Å²) in [5.74, 6) is -4.04. The number of nitrogens with zero attached hydrogens (tertiary/aromatic N) is 1. The van der Waals surface area contributed by atoms with Gasteiger partial charge in [0.05, 0.1) is 12.1 Å². The van der Waals surface area contributed by atoms with Crippen LogP contribution in [0.25, 0.3) is 0 Å². The van der Waals surface area contributed by atoms with Gasteiger partial charge < -0.3 is 10.2 Å². The predicted molar refractivity (Wildman–Crippen MR) is 66.3 cm³/mol. The van der Waals surface area contributed by atoms with Gasteiger partial charge in [0.15, 0.2) is 17.5 Å². The van der Waals surface area contributed by atoms with Crippen molar-refractivity contribution < 1.29 is 18.0 Å². The van der Waals surface area contributed by atoms with Crippen LogP contribution < -0.4 is 5.32 Å². The highest BCUT2D eigenvalue weighted by molar-refractivity contribution is 5.80. The fraction of sp³-hybridized carbons (Fsp3) is 0.357. The fourth-order valence-corrected chi connectivity index (χ4v) is 2.79. The van der Waals surface area contributed by atoms with Crippen LogP contribution in [0.15, 0.2) is 24.3 Å². The van der Waals surface area contributed by atoms with Crippen molar-refractivity contribution >= 4 is 5.91 Å². The van der Waals surface area contributed by atoms with Crippen molar-refractivity contribution in [1.82, 2.24) is 10.2 Å². The van der Waals surface area contributed by atoms with E-state index in [1.54, 1.807) is 11.0 Å². The Morgan fingerprint density at radius 2 is 1.85 bits per heavy atom. The molecule has 0 aromatic heterocycles. The van der Waals surface area contributed by atoms with Crippen LogP contribution in [-0.4, -0.2) is 29.9 Å². The van der Waals surface area contributed by atoms with Crippen LogP contribution in [0.3, 0.4) is 0 Å². The molecule has 1 aromatic rings. The lowest BCUT2D eigenvalue weighted by molar-refractivity contribution is -0.136. The molecule has 0 bridgehead atoms. The minimum Gasteiger partial charge on any atom is -0.326 e. The lowest BCUT2D eigenvalue weighted by atomic mass is 9.96.